The molecule has 1 aromatic heterocycles. The maximum Gasteiger partial charge on any atom is 0.303 e. The van der Waals surface area contributed by atoms with Crippen LogP contribution >= 0.6 is 0 Å². The molecule has 0 aliphatic rings. The van der Waals surface area contributed by atoms with Gasteiger partial charge in [-0.3, -0.25) is 4.79 Å². The van der Waals surface area contributed by atoms with Crippen molar-refractivity contribution in [3.05, 3.63) is 47.2 Å². The van der Waals surface area contributed by atoms with E-state index in [0.717, 1.165) is 5.56 Å². The highest BCUT2D eigenvalue weighted by molar-refractivity contribution is 5.66. The number of hydrogen-bond acceptors (Lipinski definition) is 4. The summed E-state index contributed by atoms with van der Waals surface area (Å²) in [5.41, 5.74) is 2.32. The molecule has 2 rings (SSSR count). The number of carboxylic acids is 1. The van der Waals surface area contributed by atoms with Crippen LogP contribution in [-0.4, -0.2) is 21.3 Å². The number of aliphatic carboxylic acids is 1. The molecular formula is C15H18N2O3. The first kappa shape index (κ1) is 14.2. The summed E-state index contributed by atoms with van der Waals surface area (Å²) in [6, 6.07) is 8.13. The van der Waals surface area contributed by atoms with Gasteiger partial charge in [-0.1, -0.05) is 36.8 Å². The van der Waals surface area contributed by atoms with Crippen molar-refractivity contribution in [1.82, 2.24) is 10.2 Å². The first-order valence-electron chi connectivity index (χ1n) is 6.61. The quantitative estimate of drug-likeness (QED) is 0.876. The number of carbonyl (C=O) groups is 1. The Morgan fingerprint density at radius 1 is 1.35 bits per heavy atom. The fourth-order valence-electron chi connectivity index (χ4n) is 2.11. The number of nitrogens with zero attached hydrogens (tertiary/aromatic N) is 2. The Labute approximate surface area is 117 Å². The highest BCUT2D eigenvalue weighted by atomic mass is 16.4. The van der Waals surface area contributed by atoms with E-state index in [4.69, 9.17) is 9.52 Å². The first-order chi connectivity index (χ1) is 9.52. The second-order valence-corrected chi connectivity index (χ2v) is 5.16. The second kappa shape index (κ2) is 6.32. The van der Waals surface area contributed by atoms with Gasteiger partial charge in [-0.2, -0.15) is 0 Å². The predicted molar refractivity (Wildman–Crippen MR) is 73.4 cm³/mol. The van der Waals surface area contributed by atoms with Crippen LogP contribution in [0.15, 0.2) is 28.7 Å². The van der Waals surface area contributed by atoms with E-state index in [0.29, 0.717) is 24.6 Å². The van der Waals surface area contributed by atoms with E-state index in [2.05, 4.69) is 16.3 Å². The molecule has 106 valence electrons. The van der Waals surface area contributed by atoms with Gasteiger partial charge in [0.2, 0.25) is 11.8 Å². The molecule has 0 saturated heterocycles. The van der Waals surface area contributed by atoms with Crippen LogP contribution in [0.5, 0.6) is 0 Å². The Kier molecular flexibility index (Phi) is 4.50. The number of rotatable bonds is 6. The summed E-state index contributed by atoms with van der Waals surface area (Å²) < 4.78 is 5.56. The molecular weight excluding hydrogens is 256 g/mol. The fourth-order valence-corrected chi connectivity index (χ4v) is 2.11. The van der Waals surface area contributed by atoms with Gasteiger partial charge in [0.1, 0.15) is 0 Å². The van der Waals surface area contributed by atoms with Gasteiger partial charge < -0.3 is 9.52 Å². The Bertz CT molecular complexity index is 592. The zero-order valence-corrected chi connectivity index (χ0v) is 11.7. The average Bonchev–Trinajstić information content (AvgIpc) is 2.75. The van der Waals surface area contributed by atoms with Gasteiger partial charge in [0.25, 0.3) is 0 Å². The molecule has 0 amide bonds. The third kappa shape index (κ3) is 4.19. The standard InChI is InChI=1S/C15H18N2O3/c1-10-4-3-5-12(6-10)9-14-17-16-13(20-14)7-11(2)8-15(18)19/h3-6,11H,7-9H2,1-2H3,(H,18,19). The van der Waals surface area contributed by atoms with Crippen LogP contribution in [0, 0.1) is 12.8 Å². The molecule has 5 nitrogen and oxygen atoms in total. The number of aryl methyl sites for hydroxylation is 1. The van der Waals surface area contributed by atoms with Crippen molar-refractivity contribution in [2.75, 3.05) is 0 Å². The number of aromatic nitrogens is 2. The molecule has 1 unspecified atom stereocenters. The summed E-state index contributed by atoms with van der Waals surface area (Å²) in [6.07, 6.45) is 1.20. The molecule has 0 radical (unpaired) electrons. The van der Waals surface area contributed by atoms with E-state index in [1.807, 2.05) is 32.0 Å². The second-order valence-electron chi connectivity index (χ2n) is 5.16. The van der Waals surface area contributed by atoms with Gasteiger partial charge >= 0.3 is 5.97 Å². The van der Waals surface area contributed by atoms with Crippen LogP contribution in [0.25, 0.3) is 0 Å². The van der Waals surface area contributed by atoms with Gasteiger partial charge in [-0.15, -0.1) is 10.2 Å². The zero-order chi connectivity index (χ0) is 14.5. The van der Waals surface area contributed by atoms with Gasteiger partial charge in [-0.25, -0.2) is 0 Å². The Balaban J connectivity index is 1.97. The third-order valence-electron chi connectivity index (χ3n) is 2.99. The molecule has 0 saturated carbocycles. The molecule has 0 aliphatic carbocycles. The van der Waals surface area contributed by atoms with Crippen molar-refractivity contribution in [2.24, 2.45) is 5.92 Å². The van der Waals surface area contributed by atoms with Crippen molar-refractivity contribution in [3.8, 4) is 0 Å². The molecule has 20 heavy (non-hydrogen) atoms. The lowest BCUT2D eigenvalue weighted by Gasteiger charge is -2.03. The lowest BCUT2D eigenvalue weighted by molar-refractivity contribution is -0.137. The highest BCUT2D eigenvalue weighted by Gasteiger charge is 2.13. The minimum atomic E-state index is -0.808. The smallest absolute Gasteiger partial charge is 0.303 e. The van der Waals surface area contributed by atoms with E-state index in [-0.39, 0.29) is 12.3 Å². The normalized spacial score (nSPS) is 12.3. The number of carboxylic acid groups (broad SMARTS) is 1. The van der Waals surface area contributed by atoms with Gasteiger partial charge in [0.05, 0.1) is 6.42 Å². The van der Waals surface area contributed by atoms with Gasteiger partial charge in [0.15, 0.2) is 0 Å². The molecule has 1 aromatic carbocycles. The van der Waals surface area contributed by atoms with E-state index in [1.165, 1.54) is 5.56 Å². The average molecular weight is 274 g/mol. The van der Waals surface area contributed by atoms with Crippen LogP contribution in [0.2, 0.25) is 0 Å². The maximum atomic E-state index is 10.6. The number of benzene rings is 1. The van der Waals surface area contributed by atoms with Crippen LogP contribution in [-0.2, 0) is 17.6 Å². The summed E-state index contributed by atoms with van der Waals surface area (Å²) >= 11 is 0. The first-order valence-corrected chi connectivity index (χ1v) is 6.61. The van der Waals surface area contributed by atoms with Crippen molar-refractivity contribution in [1.29, 1.82) is 0 Å². The summed E-state index contributed by atoms with van der Waals surface area (Å²) in [5.74, 6) is 0.242. The summed E-state index contributed by atoms with van der Waals surface area (Å²) in [6.45, 7) is 3.90. The van der Waals surface area contributed by atoms with E-state index in [9.17, 15) is 4.79 Å². The SMILES string of the molecule is Cc1cccc(Cc2nnc(CC(C)CC(=O)O)o2)c1. The minimum Gasteiger partial charge on any atom is -0.481 e. The molecule has 5 heteroatoms. The van der Waals surface area contributed by atoms with Crippen molar-refractivity contribution >= 4 is 5.97 Å². The molecule has 1 heterocycles. The van der Waals surface area contributed by atoms with Crippen LogP contribution < -0.4 is 0 Å². The van der Waals surface area contributed by atoms with Crippen molar-refractivity contribution in [3.63, 3.8) is 0 Å². The molecule has 0 bridgehead atoms. The van der Waals surface area contributed by atoms with Crippen LogP contribution in [0.1, 0.15) is 36.3 Å². The Hall–Kier alpha value is -2.17. The zero-order valence-electron chi connectivity index (χ0n) is 11.7. The molecule has 1 N–H and O–H groups in total. The fraction of sp³-hybridized carbons (Fsp3) is 0.400. The largest absolute Gasteiger partial charge is 0.481 e. The highest BCUT2D eigenvalue weighted by Crippen LogP contribution is 2.14. The Morgan fingerprint density at radius 3 is 2.80 bits per heavy atom. The summed E-state index contributed by atoms with van der Waals surface area (Å²) in [4.78, 5) is 10.6. The van der Waals surface area contributed by atoms with Gasteiger partial charge in [-0.05, 0) is 18.4 Å². The maximum absolute atomic E-state index is 10.6. The van der Waals surface area contributed by atoms with Crippen LogP contribution in [0.4, 0.5) is 0 Å². The lowest BCUT2D eigenvalue weighted by Crippen LogP contribution is -2.07. The van der Waals surface area contributed by atoms with E-state index >= 15 is 0 Å². The minimum absolute atomic E-state index is 0.0141. The van der Waals surface area contributed by atoms with E-state index < -0.39 is 5.97 Å². The molecule has 0 spiro atoms. The molecule has 0 aliphatic heterocycles. The topological polar surface area (TPSA) is 76.2 Å². The molecule has 2 aromatic rings. The van der Waals surface area contributed by atoms with Gasteiger partial charge in [0, 0.05) is 12.8 Å². The predicted octanol–water partition coefficient (Wildman–Crippen LogP) is 2.62. The summed E-state index contributed by atoms with van der Waals surface area (Å²) in [7, 11) is 0. The monoisotopic (exact) mass is 274 g/mol. The van der Waals surface area contributed by atoms with Crippen LogP contribution in [0.3, 0.4) is 0 Å². The summed E-state index contributed by atoms with van der Waals surface area (Å²) in [5, 5.41) is 16.7. The number of hydrogen-bond donors (Lipinski definition) is 1. The third-order valence-corrected chi connectivity index (χ3v) is 2.99. The Morgan fingerprint density at radius 2 is 2.10 bits per heavy atom. The van der Waals surface area contributed by atoms with E-state index in [1.54, 1.807) is 0 Å². The molecule has 1 atom stereocenters. The van der Waals surface area contributed by atoms with Crippen molar-refractivity contribution < 1.29 is 14.3 Å². The molecule has 0 fully saturated rings. The van der Waals surface area contributed by atoms with Crippen molar-refractivity contribution in [2.45, 2.75) is 33.1 Å². The lowest BCUT2D eigenvalue weighted by atomic mass is 10.0.